The lowest BCUT2D eigenvalue weighted by atomic mass is 10.2. The normalized spacial score (nSPS) is 18.3. The molecular formula is C14H19FN2O3. The molecule has 1 atom stereocenters. The maximum Gasteiger partial charge on any atom is 0.414 e. The minimum atomic E-state index is -0.557. The van der Waals surface area contributed by atoms with Gasteiger partial charge in [0.1, 0.15) is 11.9 Å². The highest BCUT2D eigenvalue weighted by atomic mass is 19.1. The number of cyclic esters (lactones) is 1. The van der Waals surface area contributed by atoms with Crippen molar-refractivity contribution < 1.29 is 19.0 Å². The Morgan fingerprint density at radius 3 is 2.85 bits per heavy atom. The van der Waals surface area contributed by atoms with E-state index in [-0.39, 0.29) is 19.0 Å². The first-order valence-electron chi connectivity index (χ1n) is 6.66. The van der Waals surface area contributed by atoms with E-state index in [1.807, 2.05) is 18.9 Å². The van der Waals surface area contributed by atoms with Crippen LogP contribution in [-0.4, -0.2) is 44.0 Å². The van der Waals surface area contributed by atoms with E-state index in [0.29, 0.717) is 11.4 Å². The molecule has 110 valence electrons. The van der Waals surface area contributed by atoms with E-state index in [9.17, 15) is 9.18 Å². The molecule has 1 aromatic rings. The number of anilines is 2. The Hall–Kier alpha value is -1.82. The molecule has 0 saturated carbocycles. The van der Waals surface area contributed by atoms with Gasteiger partial charge in [0.2, 0.25) is 0 Å². The van der Waals surface area contributed by atoms with Crippen LogP contribution in [0.15, 0.2) is 18.2 Å². The second kappa shape index (κ2) is 6.09. The van der Waals surface area contributed by atoms with Crippen molar-refractivity contribution >= 4 is 17.5 Å². The van der Waals surface area contributed by atoms with Gasteiger partial charge in [-0.1, -0.05) is 6.92 Å². The quantitative estimate of drug-likeness (QED) is 0.897. The fraction of sp³-hybridized carbons (Fsp3) is 0.500. The summed E-state index contributed by atoms with van der Waals surface area (Å²) in [4.78, 5) is 14.8. The Morgan fingerprint density at radius 1 is 1.55 bits per heavy atom. The summed E-state index contributed by atoms with van der Waals surface area (Å²) in [6.07, 6.45) is -0.181. The predicted molar refractivity (Wildman–Crippen MR) is 74.7 cm³/mol. The highest BCUT2D eigenvalue weighted by Gasteiger charge is 2.32. The van der Waals surface area contributed by atoms with Crippen molar-refractivity contribution in [1.82, 2.24) is 0 Å². The number of aliphatic hydroxyl groups excluding tert-OH is 1. The predicted octanol–water partition coefficient (Wildman–Crippen LogP) is 1.99. The summed E-state index contributed by atoms with van der Waals surface area (Å²) < 4.78 is 19.1. The third kappa shape index (κ3) is 2.85. The second-order valence-corrected chi connectivity index (χ2v) is 4.86. The molecule has 0 aromatic heterocycles. The van der Waals surface area contributed by atoms with E-state index < -0.39 is 12.2 Å². The van der Waals surface area contributed by atoms with Crippen LogP contribution < -0.4 is 9.80 Å². The Balaban J connectivity index is 2.19. The van der Waals surface area contributed by atoms with Crippen molar-refractivity contribution in [3.05, 3.63) is 24.0 Å². The summed E-state index contributed by atoms with van der Waals surface area (Å²) in [5.41, 5.74) is 0.943. The zero-order chi connectivity index (χ0) is 14.7. The molecule has 1 aromatic carbocycles. The first kappa shape index (κ1) is 14.6. The molecule has 0 bridgehead atoms. The molecule has 1 heterocycles. The van der Waals surface area contributed by atoms with Crippen LogP contribution in [0, 0.1) is 5.82 Å². The van der Waals surface area contributed by atoms with Crippen LogP contribution in [0.2, 0.25) is 0 Å². The van der Waals surface area contributed by atoms with Crippen molar-refractivity contribution in [2.75, 3.05) is 36.5 Å². The van der Waals surface area contributed by atoms with Gasteiger partial charge in [0.05, 0.1) is 24.5 Å². The summed E-state index contributed by atoms with van der Waals surface area (Å²) in [6, 6.07) is 4.66. The molecule has 0 aliphatic carbocycles. The number of amides is 1. The third-order valence-corrected chi connectivity index (χ3v) is 3.29. The van der Waals surface area contributed by atoms with Gasteiger partial charge in [-0.15, -0.1) is 0 Å². The fourth-order valence-corrected chi connectivity index (χ4v) is 2.26. The molecule has 1 amide bonds. The molecule has 1 aliphatic rings. The number of rotatable bonds is 5. The third-order valence-electron chi connectivity index (χ3n) is 3.29. The maximum absolute atomic E-state index is 14.1. The monoisotopic (exact) mass is 282 g/mol. The minimum Gasteiger partial charge on any atom is -0.441 e. The molecule has 0 radical (unpaired) electrons. The van der Waals surface area contributed by atoms with Gasteiger partial charge in [0, 0.05) is 13.6 Å². The summed E-state index contributed by atoms with van der Waals surface area (Å²) in [5, 5.41) is 8.99. The number of benzene rings is 1. The Labute approximate surface area is 117 Å². The van der Waals surface area contributed by atoms with E-state index in [4.69, 9.17) is 9.84 Å². The summed E-state index contributed by atoms with van der Waals surface area (Å²) in [7, 11) is 1.83. The SMILES string of the molecule is CCCN(C)c1ccc(N2C[C@H](CO)OC2=O)cc1F. The first-order chi connectivity index (χ1) is 9.56. The number of halogens is 1. The van der Waals surface area contributed by atoms with E-state index in [1.54, 1.807) is 12.1 Å². The van der Waals surface area contributed by atoms with Gasteiger partial charge >= 0.3 is 6.09 Å². The molecule has 1 fully saturated rings. The zero-order valence-electron chi connectivity index (χ0n) is 11.7. The van der Waals surface area contributed by atoms with Crippen molar-refractivity contribution in [2.24, 2.45) is 0 Å². The van der Waals surface area contributed by atoms with Crippen LogP contribution in [0.3, 0.4) is 0 Å². The van der Waals surface area contributed by atoms with Crippen LogP contribution >= 0.6 is 0 Å². The fourth-order valence-electron chi connectivity index (χ4n) is 2.26. The Kier molecular flexibility index (Phi) is 4.44. The molecule has 20 heavy (non-hydrogen) atoms. The molecule has 1 N–H and O–H groups in total. The molecule has 0 unspecified atom stereocenters. The van der Waals surface area contributed by atoms with Gasteiger partial charge in [0.15, 0.2) is 0 Å². The number of nitrogens with zero attached hydrogens (tertiary/aromatic N) is 2. The lowest BCUT2D eigenvalue weighted by molar-refractivity contribution is 0.0963. The topological polar surface area (TPSA) is 53.0 Å². The van der Waals surface area contributed by atoms with Crippen LogP contribution in [0.1, 0.15) is 13.3 Å². The van der Waals surface area contributed by atoms with Gasteiger partial charge in [-0.2, -0.15) is 0 Å². The number of carbonyl (C=O) groups is 1. The molecular weight excluding hydrogens is 263 g/mol. The van der Waals surface area contributed by atoms with E-state index in [0.717, 1.165) is 13.0 Å². The van der Waals surface area contributed by atoms with Gasteiger partial charge in [-0.3, -0.25) is 4.90 Å². The zero-order valence-corrected chi connectivity index (χ0v) is 11.7. The Bertz CT molecular complexity index is 495. The van der Waals surface area contributed by atoms with Crippen molar-refractivity contribution in [2.45, 2.75) is 19.4 Å². The first-order valence-corrected chi connectivity index (χ1v) is 6.66. The average molecular weight is 282 g/mol. The molecule has 1 aliphatic heterocycles. The summed E-state index contributed by atoms with van der Waals surface area (Å²) >= 11 is 0. The van der Waals surface area contributed by atoms with Gasteiger partial charge in [-0.25, -0.2) is 9.18 Å². The highest BCUT2D eigenvalue weighted by Crippen LogP contribution is 2.27. The second-order valence-electron chi connectivity index (χ2n) is 4.86. The molecule has 0 spiro atoms. The van der Waals surface area contributed by atoms with Crippen LogP contribution in [0.5, 0.6) is 0 Å². The molecule has 6 heteroatoms. The number of hydrogen-bond donors (Lipinski definition) is 1. The Morgan fingerprint density at radius 2 is 2.30 bits per heavy atom. The summed E-state index contributed by atoms with van der Waals surface area (Å²) in [5.74, 6) is -0.376. The number of aliphatic hydroxyl groups is 1. The van der Waals surface area contributed by atoms with Crippen LogP contribution in [0.4, 0.5) is 20.6 Å². The number of hydrogen-bond acceptors (Lipinski definition) is 4. The van der Waals surface area contributed by atoms with Crippen molar-refractivity contribution in [3.8, 4) is 0 Å². The molecule has 2 rings (SSSR count). The van der Waals surface area contributed by atoms with Crippen molar-refractivity contribution in [3.63, 3.8) is 0 Å². The van der Waals surface area contributed by atoms with Gasteiger partial charge in [-0.05, 0) is 24.6 Å². The highest BCUT2D eigenvalue weighted by molar-refractivity contribution is 5.90. The smallest absolute Gasteiger partial charge is 0.414 e. The van der Waals surface area contributed by atoms with Crippen LogP contribution in [0.25, 0.3) is 0 Å². The van der Waals surface area contributed by atoms with E-state index >= 15 is 0 Å². The molecule has 5 nitrogen and oxygen atoms in total. The minimum absolute atomic E-state index is 0.234. The van der Waals surface area contributed by atoms with E-state index in [2.05, 4.69) is 0 Å². The van der Waals surface area contributed by atoms with Crippen molar-refractivity contribution in [1.29, 1.82) is 0 Å². The molecule has 1 saturated heterocycles. The van der Waals surface area contributed by atoms with E-state index in [1.165, 1.54) is 11.0 Å². The largest absolute Gasteiger partial charge is 0.441 e. The maximum atomic E-state index is 14.1. The standard InChI is InChI=1S/C14H19FN2O3/c1-3-6-16(2)13-5-4-10(7-12(13)15)17-8-11(9-18)20-14(17)19/h4-5,7,11,18H,3,6,8-9H2,1-2H3/t11-/m1/s1. The average Bonchev–Trinajstić information content (AvgIpc) is 2.80. The van der Waals surface area contributed by atoms with Crippen LogP contribution in [-0.2, 0) is 4.74 Å². The number of carbonyl (C=O) groups excluding carboxylic acids is 1. The van der Waals surface area contributed by atoms with Gasteiger partial charge < -0.3 is 14.7 Å². The lowest BCUT2D eigenvalue weighted by Crippen LogP contribution is -2.26. The lowest BCUT2D eigenvalue weighted by Gasteiger charge is -2.21. The summed E-state index contributed by atoms with van der Waals surface area (Å²) in [6.45, 7) is 2.79. The number of ether oxygens (including phenoxy) is 1. The van der Waals surface area contributed by atoms with Gasteiger partial charge in [0.25, 0.3) is 0 Å².